The Kier molecular flexibility index (Phi) is 10.0. The number of rotatable bonds is 9. The Hall–Kier alpha value is -2.34. The lowest BCUT2D eigenvalue weighted by atomic mass is 10.2. The van der Waals surface area contributed by atoms with E-state index in [0.717, 1.165) is 21.5 Å². The van der Waals surface area contributed by atoms with Crippen molar-refractivity contribution in [2.45, 2.75) is 16.6 Å². The van der Waals surface area contributed by atoms with Crippen LogP contribution in [0, 0.1) is 0 Å². The van der Waals surface area contributed by atoms with E-state index < -0.39 is 19.4 Å². The van der Waals surface area contributed by atoms with E-state index in [1.165, 1.54) is 12.1 Å². The van der Waals surface area contributed by atoms with E-state index in [1.807, 2.05) is 60.7 Å². The van der Waals surface area contributed by atoms with Crippen molar-refractivity contribution < 1.29 is 22.3 Å². The lowest BCUT2D eigenvalue weighted by Crippen LogP contribution is -2.32. The molecule has 1 nitrogen and oxygen atoms in total. The van der Waals surface area contributed by atoms with Gasteiger partial charge in [-0.2, -0.15) is 13.2 Å². The first-order valence-electron chi connectivity index (χ1n) is 11.0. The molecule has 0 fully saturated rings. The summed E-state index contributed by atoms with van der Waals surface area (Å²) < 4.78 is 56.5. The summed E-state index contributed by atoms with van der Waals surface area (Å²) in [5.41, 5.74) is -3.37. The van der Waals surface area contributed by atoms with Gasteiger partial charge in [-0.25, -0.2) is 4.39 Å². The summed E-state index contributed by atoms with van der Waals surface area (Å²) in [5, 5.41) is 3.44. The fraction of sp³-hybridized carbons (Fsp3) is 0.143. The molecule has 0 bridgehead atoms. The second-order valence-corrected chi connectivity index (χ2v) is 12.5. The van der Waals surface area contributed by atoms with Crippen LogP contribution in [0.3, 0.4) is 0 Å². The van der Waals surface area contributed by atoms with Crippen LogP contribution in [0.4, 0.5) is 17.6 Å². The largest absolute Gasteiger partial charge is 0.491 e. The third kappa shape index (κ3) is 6.90. The summed E-state index contributed by atoms with van der Waals surface area (Å²) in [6.07, 6.45) is 0.642. The van der Waals surface area contributed by atoms with Crippen LogP contribution in [0.5, 0.6) is 5.75 Å². The third-order valence-electron chi connectivity index (χ3n) is 5.59. The van der Waals surface area contributed by atoms with E-state index >= 15 is 0 Å². The van der Waals surface area contributed by atoms with Crippen LogP contribution in [-0.2, 0) is 6.16 Å². The molecule has 36 heavy (non-hydrogen) atoms. The van der Waals surface area contributed by atoms with Gasteiger partial charge in [-0.05, 0) is 78.0 Å². The highest BCUT2D eigenvalue weighted by molar-refractivity contribution is 8.93. The molecule has 4 aromatic carbocycles. The van der Waals surface area contributed by atoms with Crippen LogP contribution < -0.4 is 20.7 Å². The van der Waals surface area contributed by atoms with Gasteiger partial charge >= 0.3 is 5.51 Å². The van der Waals surface area contributed by atoms with Crippen molar-refractivity contribution in [2.24, 2.45) is 0 Å². The van der Waals surface area contributed by atoms with Crippen molar-refractivity contribution in [1.29, 1.82) is 0 Å². The van der Waals surface area contributed by atoms with Gasteiger partial charge < -0.3 is 4.74 Å². The monoisotopic (exact) mass is 595 g/mol. The second-order valence-electron chi connectivity index (χ2n) is 7.86. The quantitative estimate of drug-likeness (QED) is 0.111. The number of benzene rings is 4. The smallest absolute Gasteiger partial charge is 0.446 e. The van der Waals surface area contributed by atoms with Gasteiger partial charge in [0.15, 0.2) is 0 Å². The second kappa shape index (κ2) is 12.8. The summed E-state index contributed by atoms with van der Waals surface area (Å²) >= 11 is -0.107. The molecule has 8 heteroatoms. The molecular weight excluding hydrogens is 571 g/mol. The molecule has 188 valence electrons. The molecule has 4 rings (SSSR count). The summed E-state index contributed by atoms with van der Waals surface area (Å²) in [4.78, 5) is 0.166. The minimum atomic E-state index is -4.32. The molecule has 0 aromatic heterocycles. The Morgan fingerprint density at radius 3 is 1.64 bits per heavy atom. The molecule has 4 aromatic rings. The first-order chi connectivity index (χ1) is 16.9. The minimum absolute atomic E-state index is 0. The lowest BCUT2D eigenvalue weighted by molar-refractivity contribution is -0.0328. The van der Waals surface area contributed by atoms with E-state index in [2.05, 4.69) is 24.3 Å². The Morgan fingerprint density at radius 1 is 0.667 bits per heavy atom. The summed E-state index contributed by atoms with van der Waals surface area (Å²) in [7, 11) is -2.24. The average molecular weight is 596 g/mol. The number of alkyl halides is 4. The molecule has 0 atom stereocenters. The SMILES string of the molecule is Br.FCCOc1ccc([P+](Cc2ccc(SC(F)(F)F)cc2)(c2ccccc2)c2ccccc2)cc1. The fourth-order valence-electron chi connectivity index (χ4n) is 4.11. The van der Waals surface area contributed by atoms with Crippen molar-refractivity contribution in [3.05, 3.63) is 115 Å². The first-order valence-corrected chi connectivity index (χ1v) is 13.8. The van der Waals surface area contributed by atoms with E-state index in [-0.39, 0.29) is 40.2 Å². The van der Waals surface area contributed by atoms with Gasteiger partial charge in [-0.15, -0.1) is 17.0 Å². The number of ether oxygens (including phenoxy) is 1. The zero-order valence-corrected chi connectivity index (χ0v) is 22.6. The molecule has 0 aliphatic heterocycles. The van der Waals surface area contributed by atoms with E-state index in [1.54, 1.807) is 12.1 Å². The topological polar surface area (TPSA) is 9.23 Å². The van der Waals surface area contributed by atoms with Gasteiger partial charge in [-0.1, -0.05) is 48.5 Å². The van der Waals surface area contributed by atoms with Crippen molar-refractivity contribution in [1.82, 2.24) is 0 Å². The van der Waals surface area contributed by atoms with Crippen LogP contribution in [0.2, 0.25) is 0 Å². The Morgan fingerprint density at radius 2 is 1.17 bits per heavy atom. The van der Waals surface area contributed by atoms with Crippen molar-refractivity contribution in [2.75, 3.05) is 13.3 Å². The van der Waals surface area contributed by atoms with Crippen LogP contribution in [-0.4, -0.2) is 18.8 Å². The molecular formula is C28H25BrF4OPS+. The van der Waals surface area contributed by atoms with E-state index in [9.17, 15) is 17.6 Å². The van der Waals surface area contributed by atoms with Crippen LogP contribution >= 0.6 is 36.0 Å². The van der Waals surface area contributed by atoms with Gasteiger partial charge in [0.2, 0.25) is 0 Å². The van der Waals surface area contributed by atoms with Gasteiger partial charge in [0.1, 0.15) is 42.2 Å². The standard InChI is InChI=1S/C28H24F4OPS.BrH/c29-19-20-33-23-13-15-26(16-14-23)34(24-7-3-1-4-8-24,25-9-5-2-6-10-25)21-22-11-17-27(18-12-22)35-28(30,31)32;/h1-18H,19-21H2;1H/q+1;. The zero-order chi connectivity index (χ0) is 24.7. The fourth-order valence-corrected chi connectivity index (χ4v) is 8.87. The highest BCUT2D eigenvalue weighted by atomic mass is 79.9. The highest BCUT2D eigenvalue weighted by Crippen LogP contribution is 2.58. The maximum atomic E-state index is 12.8. The third-order valence-corrected chi connectivity index (χ3v) is 10.7. The minimum Gasteiger partial charge on any atom is -0.491 e. The Labute approximate surface area is 224 Å². The van der Waals surface area contributed by atoms with Gasteiger partial charge in [0.25, 0.3) is 0 Å². The summed E-state index contributed by atoms with van der Waals surface area (Å²) in [5.74, 6) is 0.596. The molecule has 0 N–H and O–H groups in total. The molecule has 0 saturated carbocycles. The molecule has 0 spiro atoms. The zero-order valence-electron chi connectivity index (χ0n) is 19.2. The Balaban J connectivity index is 0.00000361. The van der Waals surface area contributed by atoms with Crippen molar-refractivity contribution in [3.8, 4) is 5.75 Å². The summed E-state index contributed by atoms with van der Waals surface area (Å²) in [6.45, 7) is -0.561. The predicted molar refractivity (Wildman–Crippen MR) is 149 cm³/mol. The van der Waals surface area contributed by atoms with Gasteiger partial charge in [0.05, 0.1) is 6.16 Å². The molecule has 0 radical (unpaired) electrons. The molecule has 0 aliphatic rings. The predicted octanol–water partition coefficient (Wildman–Crippen LogP) is 7.72. The van der Waals surface area contributed by atoms with Crippen molar-refractivity contribution >= 4 is 51.9 Å². The van der Waals surface area contributed by atoms with Gasteiger partial charge in [0, 0.05) is 4.90 Å². The molecule has 0 aliphatic carbocycles. The van der Waals surface area contributed by atoms with Crippen LogP contribution in [0.25, 0.3) is 0 Å². The maximum Gasteiger partial charge on any atom is 0.446 e. The normalized spacial score (nSPS) is 11.6. The maximum absolute atomic E-state index is 12.8. The van der Waals surface area contributed by atoms with Gasteiger partial charge in [-0.3, -0.25) is 0 Å². The molecule has 0 heterocycles. The number of halogens is 5. The number of hydrogen-bond acceptors (Lipinski definition) is 2. The highest BCUT2D eigenvalue weighted by Gasteiger charge is 2.45. The number of thioether (sulfide) groups is 1. The number of hydrogen-bond donors (Lipinski definition) is 0. The van der Waals surface area contributed by atoms with Crippen molar-refractivity contribution in [3.63, 3.8) is 0 Å². The van der Waals surface area contributed by atoms with E-state index in [0.29, 0.717) is 11.9 Å². The Bertz CT molecular complexity index is 1170. The van der Waals surface area contributed by atoms with Crippen LogP contribution in [0.15, 0.2) is 114 Å². The molecule has 0 saturated heterocycles. The molecule has 0 amide bonds. The molecule has 0 unspecified atom stereocenters. The summed E-state index contributed by atoms with van der Waals surface area (Å²) in [6, 6.07) is 34.8. The van der Waals surface area contributed by atoms with Crippen LogP contribution in [0.1, 0.15) is 5.56 Å². The first kappa shape index (κ1) is 28.2. The average Bonchev–Trinajstić information content (AvgIpc) is 2.88. The lowest BCUT2D eigenvalue weighted by Gasteiger charge is -2.28. The van der Waals surface area contributed by atoms with E-state index in [4.69, 9.17) is 4.74 Å².